The third-order valence-corrected chi connectivity index (χ3v) is 6.09. The summed E-state index contributed by atoms with van der Waals surface area (Å²) < 4.78 is 5.40. The highest BCUT2D eigenvalue weighted by molar-refractivity contribution is 6.07. The van der Waals surface area contributed by atoms with Crippen molar-refractivity contribution in [2.24, 2.45) is 0 Å². The van der Waals surface area contributed by atoms with Crippen molar-refractivity contribution in [3.8, 4) is 0 Å². The fourth-order valence-electron chi connectivity index (χ4n) is 4.12. The molecule has 34 heavy (non-hydrogen) atoms. The Hall–Kier alpha value is -3.45. The van der Waals surface area contributed by atoms with Crippen LogP contribution in [0.15, 0.2) is 54.6 Å². The molecular weight excluding hydrogens is 428 g/mol. The summed E-state index contributed by atoms with van der Waals surface area (Å²) in [6.45, 7) is 9.58. The minimum Gasteiger partial charge on any atom is -0.378 e. The fourth-order valence-corrected chi connectivity index (χ4v) is 4.12. The SMILES string of the molecule is CCN(CC(=O)Nc1ccc(N2CCOCC2)cc1)C(=O)c1cc(C(C)C)nc2ccccc12. The minimum absolute atomic E-state index is 0.0196. The lowest BCUT2D eigenvalue weighted by Crippen LogP contribution is -2.38. The fraction of sp³-hybridized carbons (Fsp3) is 0.370. The van der Waals surface area contributed by atoms with Gasteiger partial charge in [0.05, 0.1) is 24.3 Å². The van der Waals surface area contributed by atoms with E-state index in [1.54, 1.807) is 4.90 Å². The second-order valence-electron chi connectivity index (χ2n) is 8.78. The van der Waals surface area contributed by atoms with E-state index in [0.29, 0.717) is 17.8 Å². The maximum absolute atomic E-state index is 13.5. The molecule has 0 aliphatic carbocycles. The van der Waals surface area contributed by atoms with Crippen LogP contribution in [0.4, 0.5) is 11.4 Å². The summed E-state index contributed by atoms with van der Waals surface area (Å²) in [6.07, 6.45) is 0. The summed E-state index contributed by atoms with van der Waals surface area (Å²) in [4.78, 5) is 34.8. The molecule has 1 aliphatic rings. The number of benzene rings is 2. The van der Waals surface area contributed by atoms with Crippen molar-refractivity contribution >= 4 is 34.1 Å². The lowest BCUT2D eigenvalue weighted by Gasteiger charge is -2.29. The van der Waals surface area contributed by atoms with Crippen LogP contribution in [0.5, 0.6) is 0 Å². The number of aromatic nitrogens is 1. The zero-order chi connectivity index (χ0) is 24.1. The molecule has 1 N–H and O–H groups in total. The molecule has 1 aliphatic heterocycles. The number of nitrogens with zero attached hydrogens (tertiary/aromatic N) is 3. The summed E-state index contributed by atoms with van der Waals surface area (Å²) in [6, 6.07) is 17.3. The molecule has 0 unspecified atom stereocenters. The number of hydrogen-bond donors (Lipinski definition) is 1. The zero-order valence-corrected chi connectivity index (χ0v) is 20.1. The first-order chi connectivity index (χ1) is 16.5. The normalized spacial score (nSPS) is 13.8. The quantitative estimate of drug-likeness (QED) is 0.569. The molecule has 4 rings (SSSR count). The van der Waals surface area contributed by atoms with Crippen LogP contribution in [-0.4, -0.2) is 61.1 Å². The summed E-state index contributed by atoms with van der Waals surface area (Å²) in [5.74, 6) is -0.201. The van der Waals surface area contributed by atoms with Gasteiger partial charge in [0, 0.05) is 42.1 Å². The molecule has 1 aromatic heterocycles. The van der Waals surface area contributed by atoms with E-state index >= 15 is 0 Å². The highest BCUT2D eigenvalue weighted by Gasteiger charge is 2.21. The molecule has 0 bridgehead atoms. The highest BCUT2D eigenvalue weighted by Crippen LogP contribution is 2.24. The molecule has 3 aromatic rings. The predicted octanol–water partition coefficient (Wildman–Crippen LogP) is 4.30. The molecule has 0 radical (unpaired) electrons. The number of hydrogen-bond acceptors (Lipinski definition) is 5. The Labute approximate surface area is 200 Å². The van der Waals surface area contributed by atoms with Crippen molar-refractivity contribution in [2.45, 2.75) is 26.7 Å². The van der Waals surface area contributed by atoms with E-state index < -0.39 is 0 Å². The van der Waals surface area contributed by atoms with Gasteiger partial charge in [-0.25, -0.2) is 0 Å². The topological polar surface area (TPSA) is 74.8 Å². The van der Waals surface area contributed by atoms with Gasteiger partial charge < -0.3 is 19.9 Å². The second-order valence-corrected chi connectivity index (χ2v) is 8.78. The van der Waals surface area contributed by atoms with E-state index in [2.05, 4.69) is 24.1 Å². The van der Waals surface area contributed by atoms with Crippen LogP contribution in [0.2, 0.25) is 0 Å². The van der Waals surface area contributed by atoms with Gasteiger partial charge in [0.2, 0.25) is 5.91 Å². The number of para-hydroxylation sites is 1. The third-order valence-electron chi connectivity index (χ3n) is 6.09. The van der Waals surface area contributed by atoms with Gasteiger partial charge >= 0.3 is 0 Å². The van der Waals surface area contributed by atoms with Crippen molar-refractivity contribution in [2.75, 3.05) is 49.6 Å². The van der Waals surface area contributed by atoms with E-state index in [-0.39, 0.29) is 24.3 Å². The molecule has 2 aromatic carbocycles. The number of pyridine rings is 1. The van der Waals surface area contributed by atoms with Crippen LogP contribution in [0.25, 0.3) is 10.9 Å². The van der Waals surface area contributed by atoms with Crippen LogP contribution in [0.1, 0.15) is 42.7 Å². The smallest absolute Gasteiger partial charge is 0.255 e. The van der Waals surface area contributed by atoms with Crippen molar-refractivity contribution in [3.63, 3.8) is 0 Å². The van der Waals surface area contributed by atoms with Crippen LogP contribution in [0.3, 0.4) is 0 Å². The van der Waals surface area contributed by atoms with Crippen LogP contribution < -0.4 is 10.2 Å². The van der Waals surface area contributed by atoms with E-state index in [1.807, 2.05) is 61.5 Å². The average Bonchev–Trinajstić information content (AvgIpc) is 2.87. The Balaban J connectivity index is 1.47. The molecule has 0 spiro atoms. The standard InChI is InChI=1S/C27H32N4O3/c1-4-30(27(33)23-17-25(19(2)3)29-24-8-6-5-7-22(23)24)18-26(32)28-20-9-11-21(12-10-20)31-13-15-34-16-14-31/h5-12,17,19H,4,13-16,18H2,1-3H3,(H,28,32). The van der Waals surface area contributed by atoms with Crippen LogP contribution in [-0.2, 0) is 9.53 Å². The number of morpholine rings is 1. The summed E-state index contributed by atoms with van der Waals surface area (Å²) in [5, 5.41) is 3.72. The van der Waals surface area contributed by atoms with Gasteiger partial charge in [0.1, 0.15) is 6.54 Å². The number of anilines is 2. The first kappa shape index (κ1) is 23.7. The molecular formula is C27H32N4O3. The molecule has 7 nitrogen and oxygen atoms in total. The van der Waals surface area contributed by atoms with Crippen LogP contribution >= 0.6 is 0 Å². The molecule has 178 valence electrons. The first-order valence-electron chi connectivity index (χ1n) is 11.9. The van der Waals surface area contributed by atoms with Gasteiger partial charge in [-0.05, 0) is 49.2 Å². The zero-order valence-electron chi connectivity index (χ0n) is 20.1. The highest BCUT2D eigenvalue weighted by atomic mass is 16.5. The first-order valence-corrected chi connectivity index (χ1v) is 11.9. The number of fused-ring (bicyclic) bond motifs is 1. The van der Waals surface area contributed by atoms with E-state index in [1.165, 1.54) is 0 Å². The van der Waals surface area contributed by atoms with Crippen LogP contribution in [0, 0.1) is 0 Å². The minimum atomic E-state index is -0.225. The molecule has 0 saturated carbocycles. The Morgan fingerprint density at radius 3 is 2.47 bits per heavy atom. The molecule has 1 saturated heterocycles. The number of carbonyl (C=O) groups excluding carboxylic acids is 2. The van der Waals surface area contributed by atoms with Gasteiger partial charge in [0.25, 0.3) is 5.91 Å². The molecule has 0 atom stereocenters. The van der Waals surface area contributed by atoms with Gasteiger partial charge in [-0.3, -0.25) is 14.6 Å². The van der Waals surface area contributed by atoms with Crippen molar-refractivity contribution in [1.29, 1.82) is 0 Å². The molecule has 2 heterocycles. The lowest BCUT2D eigenvalue weighted by atomic mass is 10.0. The van der Waals surface area contributed by atoms with Crippen molar-refractivity contribution < 1.29 is 14.3 Å². The van der Waals surface area contributed by atoms with Gasteiger partial charge in [-0.15, -0.1) is 0 Å². The number of amides is 2. The Bertz CT molecular complexity index is 1150. The lowest BCUT2D eigenvalue weighted by molar-refractivity contribution is -0.116. The number of nitrogens with one attached hydrogen (secondary N) is 1. The van der Waals surface area contributed by atoms with Gasteiger partial charge in [0.15, 0.2) is 0 Å². The van der Waals surface area contributed by atoms with E-state index in [9.17, 15) is 9.59 Å². The second kappa shape index (κ2) is 10.7. The van der Waals surface area contributed by atoms with E-state index in [0.717, 1.165) is 48.6 Å². The van der Waals surface area contributed by atoms with E-state index in [4.69, 9.17) is 9.72 Å². The number of likely N-dealkylation sites (N-methyl/N-ethyl adjacent to an activating group) is 1. The monoisotopic (exact) mass is 460 g/mol. The largest absolute Gasteiger partial charge is 0.378 e. The summed E-state index contributed by atoms with van der Waals surface area (Å²) in [5.41, 5.74) is 4.05. The predicted molar refractivity (Wildman–Crippen MR) is 136 cm³/mol. The Morgan fingerprint density at radius 2 is 1.79 bits per heavy atom. The number of carbonyl (C=O) groups is 2. The van der Waals surface area contributed by atoms with Gasteiger partial charge in [-0.2, -0.15) is 0 Å². The number of ether oxygens (including phenoxy) is 1. The Kier molecular flexibility index (Phi) is 7.43. The summed E-state index contributed by atoms with van der Waals surface area (Å²) >= 11 is 0. The maximum Gasteiger partial charge on any atom is 0.255 e. The van der Waals surface area contributed by atoms with Gasteiger partial charge in [-0.1, -0.05) is 32.0 Å². The summed E-state index contributed by atoms with van der Waals surface area (Å²) in [7, 11) is 0. The van der Waals surface area contributed by atoms with Crippen molar-refractivity contribution in [3.05, 3.63) is 65.9 Å². The Morgan fingerprint density at radius 1 is 1.09 bits per heavy atom. The molecule has 1 fully saturated rings. The van der Waals surface area contributed by atoms with Crippen molar-refractivity contribution in [1.82, 2.24) is 9.88 Å². The maximum atomic E-state index is 13.5. The molecule has 2 amide bonds. The average molecular weight is 461 g/mol. The third kappa shape index (κ3) is 5.37. The number of rotatable bonds is 7. The molecule has 7 heteroatoms.